The van der Waals surface area contributed by atoms with Gasteiger partial charge in [0.25, 0.3) is 0 Å². The van der Waals surface area contributed by atoms with Crippen LogP contribution in [0.15, 0.2) is 53.2 Å². The van der Waals surface area contributed by atoms with Crippen molar-refractivity contribution in [1.29, 1.82) is 0 Å². The van der Waals surface area contributed by atoms with E-state index in [0.29, 0.717) is 7.48 Å². The lowest BCUT2D eigenvalue weighted by molar-refractivity contribution is -0.0893. The second-order valence-electron chi connectivity index (χ2n) is 7.79. The maximum absolute atomic E-state index is 10.3. The van der Waals surface area contributed by atoms with Crippen molar-refractivity contribution in [3.63, 3.8) is 0 Å². The van der Waals surface area contributed by atoms with Gasteiger partial charge in [0.2, 0.25) is 0 Å². The molecule has 4 rings (SSSR count). The van der Waals surface area contributed by atoms with Gasteiger partial charge in [0.1, 0.15) is 11.2 Å². The molecule has 0 amide bonds. The lowest BCUT2D eigenvalue weighted by Crippen LogP contribution is -2.49. The molecule has 2 aromatic heterocycles. The molecule has 4 aromatic rings. The van der Waals surface area contributed by atoms with Gasteiger partial charge in [-0.25, -0.2) is 0 Å². The lowest BCUT2D eigenvalue weighted by atomic mass is 9.80. The SMILES string of the molecule is CC(C)(O)C(C)(C)OBc1cccc2oc3c4ccncc4ccc3c12. The van der Waals surface area contributed by atoms with Crippen LogP contribution in [-0.2, 0) is 4.65 Å². The Kier molecular flexibility index (Phi) is 3.83. The third-order valence-corrected chi connectivity index (χ3v) is 5.43. The normalized spacial score (nSPS) is 13.0. The van der Waals surface area contributed by atoms with Gasteiger partial charge >= 0.3 is 7.48 Å². The van der Waals surface area contributed by atoms with E-state index in [1.54, 1.807) is 20.0 Å². The van der Waals surface area contributed by atoms with Crippen molar-refractivity contribution >= 4 is 45.7 Å². The number of benzene rings is 2. The largest absolute Gasteiger partial charge is 0.455 e. The number of aromatic nitrogens is 1. The van der Waals surface area contributed by atoms with E-state index in [4.69, 9.17) is 9.07 Å². The van der Waals surface area contributed by atoms with Crippen molar-refractivity contribution in [2.75, 3.05) is 0 Å². The molecule has 0 unspecified atom stereocenters. The molecule has 0 spiro atoms. The molecule has 2 heterocycles. The van der Waals surface area contributed by atoms with Crippen molar-refractivity contribution < 1.29 is 14.2 Å². The van der Waals surface area contributed by atoms with Crippen molar-refractivity contribution in [1.82, 2.24) is 4.98 Å². The van der Waals surface area contributed by atoms with Gasteiger partial charge in [0, 0.05) is 33.9 Å². The number of hydrogen-bond donors (Lipinski definition) is 1. The summed E-state index contributed by atoms with van der Waals surface area (Å²) in [6.07, 6.45) is 3.63. The van der Waals surface area contributed by atoms with Gasteiger partial charge in [-0.15, -0.1) is 0 Å². The Bertz CT molecular complexity index is 1110. The number of aliphatic hydroxyl groups is 1. The van der Waals surface area contributed by atoms with Crippen molar-refractivity contribution in [3.05, 3.63) is 48.8 Å². The Morgan fingerprint density at radius 2 is 1.85 bits per heavy atom. The van der Waals surface area contributed by atoms with E-state index in [1.165, 1.54) is 0 Å². The molecule has 0 radical (unpaired) electrons. The first-order chi connectivity index (χ1) is 12.3. The van der Waals surface area contributed by atoms with Crippen LogP contribution in [-0.4, -0.2) is 28.8 Å². The minimum atomic E-state index is -0.942. The van der Waals surface area contributed by atoms with Gasteiger partial charge in [0.05, 0.1) is 11.2 Å². The maximum Gasteiger partial charge on any atom is 0.310 e. The molecule has 2 aromatic carbocycles. The Morgan fingerprint density at radius 1 is 1.04 bits per heavy atom. The smallest absolute Gasteiger partial charge is 0.310 e. The summed E-state index contributed by atoms with van der Waals surface area (Å²) in [5.74, 6) is 0. The van der Waals surface area contributed by atoms with Gasteiger partial charge in [-0.05, 0) is 51.4 Å². The van der Waals surface area contributed by atoms with Gasteiger partial charge in [-0.2, -0.15) is 0 Å². The van der Waals surface area contributed by atoms with Crippen molar-refractivity contribution in [3.8, 4) is 0 Å². The van der Waals surface area contributed by atoms with E-state index in [1.807, 2.05) is 38.2 Å². The predicted octanol–water partition coefficient (Wildman–Crippen LogP) is 3.68. The van der Waals surface area contributed by atoms with E-state index in [0.717, 1.165) is 38.2 Å². The van der Waals surface area contributed by atoms with Crippen LogP contribution in [0.3, 0.4) is 0 Å². The Morgan fingerprint density at radius 3 is 2.62 bits per heavy atom. The van der Waals surface area contributed by atoms with Crippen LogP contribution in [0.1, 0.15) is 27.7 Å². The molecule has 0 aliphatic carbocycles. The van der Waals surface area contributed by atoms with Crippen LogP contribution in [0.2, 0.25) is 0 Å². The number of fused-ring (bicyclic) bond motifs is 5. The Hall–Kier alpha value is -2.37. The highest BCUT2D eigenvalue weighted by Gasteiger charge is 2.35. The predicted molar refractivity (Wildman–Crippen MR) is 107 cm³/mol. The van der Waals surface area contributed by atoms with E-state index in [2.05, 4.69) is 23.2 Å². The molecule has 0 atom stereocenters. The zero-order valence-electron chi connectivity index (χ0n) is 15.5. The van der Waals surface area contributed by atoms with Crippen LogP contribution in [0.5, 0.6) is 0 Å². The number of furan rings is 1. The number of rotatable bonds is 4. The van der Waals surface area contributed by atoms with Crippen LogP contribution >= 0.6 is 0 Å². The van der Waals surface area contributed by atoms with Gasteiger partial charge in [-0.1, -0.05) is 18.2 Å². The van der Waals surface area contributed by atoms with E-state index in [9.17, 15) is 5.11 Å². The fourth-order valence-corrected chi connectivity index (χ4v) is 3.08. The van der Waals surface area contributed by atoms with Crippen molar-refractivity contribution in [2.45, 2.75) is 38.9 Å². The summed E-state index contributed by atoms with van der Waals surface area (Å²) in [6, 6.07) is 12.1. The molecule has 0 aliphatic heterocycles. The molecule has 1 N–H and O–H groups in total. The summed E-state index contributed by atoms with van der Waals surface area (Å²) < 4.78 is 12.3. The monoisotopic (exact) mass is 347 g/mol. The fraction of sp³-hybridized carbons (Fsp3) is 0.286. The van der Waals surface area contributed by atoms with Crippen molar-refractivity contribution in [2.24, 2.45) is 0 Å². The quantitative estimate of drug-likeness (QED) is 0.572. The van der Waals surface area contributed by atoms with Crippen LogP contribution in [0, 0.1) is 0 Å². The average molecular weight is 347 g/mol. The van der Waals surface area contributed by atoms with Gasteiger partial charge in [0.15, 0.2) is 0 Å². The summed E-state index contributed by atoms with van der Waals surface area (Å²) in [5.41, 5.74) is 1.14. The van der Waals surface area contributed by atoms with Crippen LogP contribution in [0.4, 0.5) is 0 Å². The number of pyridine rings is 1. The average Bonchev–Trinajstić information content (AvgIpc) is 2.98. The molecule has 5 heteroatoms. The third-order valence-electron chi connectivity index (χ3n) is 5.43. The standard InChI is InChI=1S/C21H22BNO3/c1-20(2,24)21(3,4)26-22-16-6-5-7-17-18(16)15-9-8-13-12-23-11-10-14(13)19(15)25-17/h5-12,22,24H,1-4H3. The zero-order chi connectivity index (χ0) is 18.5. The molecule has 132 valence electrons. The topological polar surface area (TPSA) is 55.5 Å². The summed E-state index contributed by atoms with van der Waals surface area (Å²) in [6.45, 7) is 7.34. The molecule has 4 nitrogen and oxygen atoms in total. The summed E-state index contributed by atoms with van der Waals surface area (Å²) >= 11 is 0. The molecular formula is C21H22BNO3. The zero-order valence-corrected chi connectivity index (χ0v) is 15.5. The first kappa shape index (κ1) is 17.1. The third kappa shape index (κ3) is 2.68. The molecule has 0 saturated carbocycles. The number of hydrogen-bond acceptors (Lipinski definition) is 4. The molecular weight excluding hydrogens is 325 g/mol. The maximum atomic E-state index is 10.3. The minimum absolute atomic E-state index is 0.400. The highest BCUT2D eigenvalue weighted by Crippen LogP contribution is 2.33. The second-order valence-corrected chi connectivity index (χ2v) is 7.79. The molecule has 0 fully saturated rings. The highest BCUT2D eigenvalue weighted by molar-refractivity contribution is 6.53. The first-order valence-corrected chi connectivity index (χ1v) is 8.81. The molecule has 26 heavy (non-hydrogen) atoms. The van der Waals surface area contributed by atoms with Gasteiger partial charge in [-0.3, -0.25) is 4.98 Å². The first-order valence-electron chi connectivity index (χ1n) is 8.81. The number of nitrogens with zero attached hydrogens (tertiary/aromatic N) is 1. The Labute approximate surface area is 153 Å². The molecule has 0 saturated heterocycles. The minimum Gasteiger partial charge on any atom is -0.455 e. The van der Waals surface area contributed by atoms with E-state index < -0.39 is 11.2 Å². The fourth-order valence-electron chi connectivity index (χ4n) is 3.08. The van der Waals surface area contributed by atoms with Gasteiger partial charge < -0.3 is 14.2 Å². The summed E-state index contributed by atoms with van der Waals surface area (Å²) in [5, 5.41) is 14.6. The van der Waals surface area contributed by atoms with Crippen LogP contribution < -0.4 is 5.46 Å². The van der Waals surface area contributed by atoms with Crippen LogP contribution in [0.25, 0.3) is 32.7 Å². The Balaban J connectivity index is 1.85. The second kappa shape index (κ2) is 5.83. The lowest BCUT2D eigenvalue weighted by Gasteiger charge is -2.37. The summed E-state index contributed by atoms with van der Waals surface area (Å²) in [4.78, 5) is 4.19. The summed E-state index contributed by atoms with van der Waals surface area (Å²) in [7, 11) is 0.400. The van der Waals surface area contributed by atoms with E-state index >= 15 is 0 Å². The highest BCUT2D eigenvalue weighted by atomic mass is 16.5. The molecule has 0 bridgehead atoms. The molecule has 0 aliphatic rings. The van der Waals surface area contributed by atoms with E-state index in [-0.39, 0.29) is 0 Å².